The molecule has 1 amide bonds. The lowest BCUT2D eigenvalue weighted by Crippen LogP contribution is -2.51. The highest BCUT2D eigenvalue weighted by molar-refractivity contribution is 6.30. The van der Waals surface area contributed by atoms with Crippen LogP contribution in [-0.4, -0.2) is 37.0 Å². The first-order valence-electron chi connectivity index (χ1n) is 9.16. The van der Waals surface area contributed by atoms with Gasteiger partial charge in [0.2, 0.25) is 6.41 Å². The first-order chi connectivity index (χ1) is 13.3. The van der Waals surface area contributed by atoms with E-state index in [4.69, 9.17) is 23.2 Å². The highest BCUT2D eigenvalue weighted by atomic mass is 35.5. The molecule has 0 spiro atoms. The molecule has 2 atom stereocenters. The Bertz CT molecular complexity index is 864. The second-order valence-electron chi connectivity index (χ2n) is 7.13. The van der Waals surface area contributed by atoms with Crippen LogP contribution >= 0.6 is 11.6 Å². The molecule has 6 nitrogen and oxygen atoms in total. The van der Waals surface area contributed by atoms with Crippen molar-refractivity contribution in [2.75, 3.05) is 35.3 Å². The zero-order valence-electron chi connectivity index (χ0n) is 16.0. The van der Waals surface area contributed by atoms with E-state index in [2.05, 4.69) is 11.8 Å². The number of carbonyl (C=O) groups is 1. The number of hydrogen-bond acceptors (Lipinski definition) is 5. The second-order valence-corrected chi connectivity index (χ2v) is 7.57. The number of nitrogens with zero attached hydrogens (tertiary/aromatic N) is 3. The summed E-state index contributed by atoms with van der Waals surface area (Å²) in [6, 6.07) is 9.90. The van der Waals surface area contributed by atoms with Gasteiger partial charge in [0.15, 0.2) is 0 Å². The molecule has 8 heteroatoms. The lowest BCUT2D eigenvalue weighted by atomic mass is 10.1. The van der Waals surface area contributed by atoms with Gasteiger partial charge in [-0.05, 0) is 44.2 Å². The largest absolute Gasteiger partial charge is 0.397 e. The third-order valence-electron chi connectivity index (χ3n) is 5.26. The van der Waals surface area contributed by atoms with Crippen molar-refractivity contribution in [2.24, 2.45) is 5.84 Å². The van der Waals surface area contributed by atoms with Crippen LogP contribution in [0.15, 0.2) is 36.4 Å². The highest BCUT2D eigenvalue weighted by Gasteiger charge is 2.25. The first-order valence-corrected chi connectivity index (χ1v) is 9.54. The molecule has 1 saturated heterocycles. The molecule has 2 aromatic carbocycles. The molecule has 1 aliphatic rings. The van der Waals surface area contributed by atoms with Crippen molar-refractivity contribution < 1.29 is 9.18 Å². The van der Waals surface area contributed by atoms with Gasteiger partial charge in [0, 0.05) is 41.9 Å². The summed E-state index contributed by atoms with van der Waals surface area (Å²) in [4.78, 5) is 15.0. The molecule has 1 unspecified atom stereocenters. The Balaban J connectivity index is 1.87. The minimum absolute atomic E-state index is 0.160. The van der Waals surface area contributed by atoms with Crippen LogP contribution < -0.4 is 21.5 Å². The number of nitrogens with two attached hydrogens (primary N) is 2. The van der Waals surface area contributed by atoms with Crippen molar-refractivity contribution >= 4 is 35.1 Å². The summed E-state index contributed by atoms with van der Waals surface area (Å²) < 4.78 is 14.3. The smallest absolute Gasteiger partial charge is 0.209 e. The zero-order valence-corrected chi connectivity index (χ0v) is 16.7. The molecule has 1 heterocycles. The number of piperazine rings is 1. The Labute approximate surface area is 169 Å². The minimum Gasteiger partial charge on any atom is -0.397 e. The van der Waals surface area contributed by atoms with Gasteiger partial charge < -0.3 is 20.5 Å². The first kappa shape index (κ1) is 20.2. The second kappa shape index (κ2) is 8.24. The Kier molecular flexibility index (Phi) is 5.96. The van der Waals surface area contributed by atoms with Crippen LogP contribution in [0.3, 0.4) is 0 Å². The van der Waals surface area contributed by atoms with E-state index in [-0.39, 0.29) is 6.04 Å². The standard InChI is InChI=1S/C20H25ClFN5O/c1-13-11-25(12-28)7-8-26(13)16-4-6-19(23)20(10-16)27(24)14(2)17-5-3-15(21)9-18(17)22/h3-6,9-10,12-14H,7-8,11,23-24H2,1-2H3/t13-,14?/m0/s1. The summed E-state index contributed by atoms with van der Waals surface area (Å²) in [5.41, 5.74) is 8.68. The summed E-state index contributed by atoms with van der Waals surface area (Å²) in [6.45, 7) is 5.91. The Morgan fingerprint density at radius 1 is 1.29 bits per heavy atom. The van der Waals surface area contributed by atoms with E-state index in [1.54, 1.807) is 23.1 Å². The normalized spacial score (nSPS) is 18.1. The molecule has 1 aliphatic heterocycles. The van der Waals surface area contributed by atoms with Crippen molar-refractivity contribution in [3.63, 3.8) is 0 Å². The Hall–Kier alpha value is -2.51. The average molecular weight is 406 g/mol. The number of anilines is 3. The van der Waals surface area contributed by atoms with Crippen molar-refractivity contribution in [1.29, 1.82) is 0 Å². The van der Waals surface area contributed by atoms with Crippen LogP contribution in [0.5, 0.6) is 0 Å². The van der Waals surface area contributed by atoms with Gasteiger partial charge in [-0.15, -0.1) is 0 Å². The fourth-order valence-electron chi connectivity index (χ4n) is 3.60. The van der Waals surface area contributed by atoms with Crippen LogP contribution in [0, 0.1) is 5.82 Å². The lowest BCUT2D eigenvalue weighted by molar-refractivity contribution is -0.118. The van der Waals surface area contributed by atoms with E-state index in [9.17, 15) is 9.18 Å². The molecule has 4 N–H and O–H groups in total. The van der Waals surface area contributed by atoms with Crippen molar-refractivity contribution in [1.82, 2.24) is 4.90 Å². The van der Waals surface area contributed by atoms with E-state index in [0.29, 0.717) is 35.1 Å². The molecule has 2 aromatic rings. The van der Waals surface area contributed by atoms with Crippen LogP contribution in [-0.2, 0) is 4.79 Å². The monoisotopic (exact) mass is 405 g/mol. The molecule has 0 saturated carbocycles. The van der Waals surface area contributed by atoms with E-state index in [1.165, 1.54) is 11.1 Å². The lowest BCUT2D eigenvalue weighted by Gasteiger charge is -2.40. The average Bonchev–Trinajstić information content (AvgIpc) is 2.67. The van der Waals surface area contributed by atoms with Crippen LogP contribution in [0.2, 0.25) is 5.02 Å². The van der Waals surface area contributed by atoms with Gasteiger partial charge in [-0.1, -0.05) is 17.7 Å². The van der Waals surface area contributed by atoms with Crippen LogP contribution in [0.1, 0.15) is 25.5 Å². The number of hydrogen-bond donors (Lipinski definition) is 2. The number of carbonyl (C=O) groups excluding carboxylic acids is 1. The van der Waals surface area contributed by atoms with Gasteiger partial charge >= 0.3 is 0 Å². The van der Waals surface area contributed by atoms with Crippen LogP contribution in [0.25, 0.3) is 0 Å². The number of halogens is 2. The maximum atomic E-state index is 14.3. The summed E-state index contributed by atoms with van der Waals surface area (Å²) in [6.07, 6.45) is 0.881. The summed E-state index contributed by atoms with van der Waals surface area (Å²) in [5, 5.41) is 1.80. The third-order valence-corrected chi connectivity index (χ3v) is 5.50. The fourth-order valence-corrected chi connectivity index (χ4v) is 3.76. The number of amides is 1. The van der Waals surface area contributed by atoms with Gasteiger partial charge in [-0.3, -0.25) is 4.79 Å². The van der Waals surface area contributed by atoms with Gasteiger partial charge in [0.1, 0.15) is 5.82 Å². The molecule has 0 aliphatic carbocycles. The number of rotatable bonds is 5. The van der Waals surface area contributed by atoms with Crippen LogP contribution in [0.4, 0.5) is 21.5 Å². The maximum Gasteiger partial charge on any atom is 0.209 e. The van der Waals surface area contributed by atoms with E-state index < -0.39 is 11.9 Å². The molecular weight excluding hydrogens is 381 g/mol. The minimum atomic E-state index is -0.445. The molecule has 0 aromatic heterocycles. The molecule has 150 valence electrons. The molecule has 0 bridgehead atoms. The maximum absolute atomic E-state index is 14.3. The third kappa shape index (κ3) is 4.00. The molecule has 3 rings (SSSR count). The highest BCUT2D eigenvalue weighted by Crippen LogP contribution is 2.34. The van der Waals surface area contributed by atoms with E-state index in [0.717, 1.165) is 18.6 Å². The van der Waals surface area contributed by atoms with Gasteiger partial charge in [0.05, 0.1) is 17.4 Å². The Morgan fingerprint density at radius 3 is 2.68 bits per heavy atom. The molecule has 0 radical (unpaired) electrons. The summed E-state index contributed by atoms with van der Waals surface area (Å²) in [7, 11) is 0. The quantitative estimate of drug-likeness (QED) is 0.346. The van der Waals surface area contributed by atoms with Crippen molar-refractivity contribution in [2.45, 2.75) is 25.9 Å². The fraction of sp³-hybridized carbons (Fsp3) is 0.350. The van der Waals surface area contributed by atoms with Gasteiger partial charge in [-0.25, -0.2) is 10.2 Å². The number of hydrazine groups is 1. The predicted octanol–water partition coefficient (Wildman–Crippen LogP) is 3.17. The molecule has 28 heavy (non-hydrogen) atoms. The van der Waals surface area contributed by atoms with Gasteiger partial charge in [0.25, 0.3) is 0 Å². The van der Waals surface area contributed by atoms with Crippen molar-refractivity contribution in [3.05, 3.63) is 52.8 Å². The molecular formula is C20H25ClFN5O. The number of nitrogen functional groups attached to an aromatic ring is 1. The van der Waals surface area contributed by atoms with E-state index >= 15 is 0 Å². The van der Waals surface area contributed by atoms with E-state index in [1.807, 2.05) is 19.1 Å². The molecule has 1 fully saturated rings. The predicted molar refractivity (Wildman–Crippen MR) is 112 cm³/mol. The Morgan fingerprint density at radius 2 is 2.04 bits per heavy atom. The van der Waals surface area contributed by atoms with Gasteiger partial charge in [-0.2, -0.15) is 0 Å². The number of benzene rings is 2. The topological polar surface area (TPSA) is 78.8 Å². The summed E-state index contributed by atoms with van der Waals surface area (Å²) in [5.74, 6) is 5.92. The SMILES string of the molecule is CC(c1ccc(Cl)cc1F)N(N)c1cc(N2CCN(C=O)C[C@@H]2C)ccc1N. The summed E-state index contributed by atoms with van der Waals surface area (Å²) >= 11 is 5.85. The zero-order chi connectivity index (χ0) is 20.4. The van der Waals surface area contributed by atoms with Crippen molar-refractivity contribution in [3.8, 4) is 0 Å².